The molecule has 0 radical (unpaired) electrons. The van der Waals surface area contributed by atoms with E-state index >= 15 is 0 Å². The second kappa shape index (κ2) is 6.20. The first-order valence-corrected chi connectivity index (χ1v) is 7.24. The lowest BCUT2D eigenvalue weighted by Gasteiger charge is -2.16. The van der Waals surface area contributed by atoms with Crippen molar-refractivity contribution in [3.8, 4) is 0 Å². The molecule has 0 aliphatic rings. The number of halogens is 1. The van der Waals surface area contributed by atoms with Gasteiger partial charge < -0.3 is 0 Å². The van der Waals surface area contributed by atoms with Crippen molar-refractivity contribution < 1.29 is 0 Å². The second-order valence-corrected chi connectivity index (χ2v) is 5.46. The van der Waals surface area contributed by atoms with Crippen LogP contribution in [0, 0.1) is 0 Å². The van der Waals surface area contributed by atoms with Crippen molar-refractivity contribution in [2.45, 2.75) is 13.1 Å². The Balaban J connectivity index is 1.78. The standard InChI is InChI=1S/C17H16ClN3/c1-21(11-13-7-3-2-4-8-13)12-16-19-15-10-6-5-9-14(15)17(18)20-16/h2-10H,11-12H2,1H3. The van der Waals surface area contributed by atoms with Gasteiger partial charge in [-0.2, -0.15) is 0 Å². The van der Waals surface area contributed by atoms with Gasteiger partial charge in [0.15, 0.2) is 0 Å². The summed E-state index contributed by atoms with van der Waals surface area (Å²) in [5.41, 5.74) is 2.16. The van der Waals surface area contributed by atoms with Crippen LogP contribution in [0.4, 0.5) is 0 Å². The minimum atomic E-state index is 0.517. The third-order valence-electron chi connectivity index (χ3n) is 3.31. The summed E-state index contributed by atoms with van der Waals surface area (Å²) in [7, 11) is 2.06. The topological polar surface area (TPSA) is 29.0 Å². The normalized spacial score (nSPS) is 11.2. The summed E-state index contributed by atoms with van der Waals surface area (Å²) in [6, 6.07) is 18.2. The van der Waals surface area contributed by atoms with Crippen molar-refractivity contribution in [1.29, 1.82) is 0 Å². The van der Waals surface area contributed by atoms with Crippen LogP contribution in [0.15, 0.2) is 54.6 Å². The highest BCUT2D eigenvalue weighted by atomic mass is 35.5. The van der Waals surface area contributed by atoms with Gasteiger partial charge in [0.1, 0.15) is 11.0 Å². The molecule has 2 aromatic carbocycles. The molecule has 0 bridgehead atoms. The Morgan fingerprint density at radius 2 is 1.62 bits per heavy atom. The number of nitrogens with zero attached hydrogens (tertiary/aromatic N) is 3. The second-order valence-electron chi connectivity index (χ2n) is 5.11. The van der Waals surface area contributed by atoms with Crippen molar-refractivity contribution in [2.24, 2.45) is 0 Å². The van der Waals surface area contributed by atoms with Crippen LogP contribution < -0.4 is 0 Å². The van der Waals surface area contributed by atoms with Gasteiger partial charge in [-0.3, -0.25) is 4.90 Å². The summed E-state index contributed by atoms with van der Waals surface area (Å²) < 4.78 is 0. The van der Waals surface area contributed by atoms with Crippen molar-refractivity contribution in [3.05, 3.63) is 71.1 Å². The molecule has 4 heteroatoms. The summed E-state index contributed by atoms with van der Waals surface area (Å²) in [6.45, 7) is 1.52. The van der Waals surface area contributed by atoms with E-state index in [1.807, 2.05) is 42.5 Å². The molecule has 0 atom stereocenters. The Morgan fingerprint density at radius 3 is 2.43 bits per heavy atom. The Morgan fingerprint density at radius 1 is 0.905 bits per heavy atom. The molecular formula is C17H16ClN3. The molecule has 1 heterocycles. The van der Waals surface area contributed by atoms with Crippen molar-refractivity contribution in [1.82, 2.24) is 14.9 Å². The lowest BCUT2D eigenvalue weighted by Crippen LogP contribution is -2.19. The monoisotopic (exact) mass is 297 g/mol. The molecule has 0 aliphatic carbocycles. The average molecular weight is 298 g/mol. The van der Waals surface area contributed by atoms with Gasteiger partial charge in [0.25, 0.3) is 0 Å². The predicted molar refractivity (Wildman–Crippen MR) is 86.2 cm³/mol. The van der Waals surface area contributed by atoms with E-state index in [2.05, 4.69) is 34.0 Å². The number of hydrogen-bond acceptors (Lipinski definition) is 3. The molecule has 0 fully saturated rings. The quantitative estimate of drug-likeness (QED) is 0.684. The summed E-state index contributed by atoms with van der Waals surface area (Å²) in [4.78, 5) is 11.2. The van der Waals surface area contributed by atoms with Crippen molar-refractivity contribution in [2.75, 3.05) is 7.05 Å². The van der Waals surface area contributed by atoms with Crippen LogP contribution in [0.3, 0.4) is 0 Å². The Labute approximate surface area is 129 Å². The molecule has 0 N–H and O–H groups in total. The number of fused-ring (bicyclic) bond motifs is 1. The fourth-order valence-corrected chi connectivity index (χ4v) is 2.60. The maximum absolute atomic E-state index is 6.24. The van der Waals surface area contributed by atoms with Crippen LogP contribution in [-0.4, -0.2) is 21.9 Å². The van der Waals surface area contributed by atoms with E-state index < -0.39 is 0 Å². The SMILES string of the molecule is CN(Cc1ccccc1)Cc1nc(Cl)c2ccccc2n1. The summed E-state index contributed by atoms with van der Waals surface area (Å²) in [5, 5.41) is 1.41. The molecular weight excluding hydrogens is 282 g/mol. The zero-order valence-electron chi connectivity index (χ0n) is 11.8. The fraction of sp³-hybridized carbons (Fsp3) is 0.176. The summed E-state index contributed by atoms with van der Waals surface area (Å²) in [5.74, 6) is 0.747. The van der Waals surface area contributed by atoms with E-state index in [1.165, 1.54) is 5.56 Å². The molecule has 106 valence electrons. The number of hydrogen-bond donors (Lipinski definition) is 0. The zero-order valence-corrected chi connectivity index (χ0v) is 12.6. The molecule has 3 nitrogen and oxygen atoms in total. The highest BCUT2D eigenvalue weighted by Crippen LogP contribution is 2.20. The van der Waals surface area contributed by atoms with Crippen LogP contribution in [0.1, 0.15) is 11.4 Å². The van der Waals surface area contributed by atoms with Crippen molar-refractivity contribution in [3.63, 3.8) is 0 Å². The van der Waals surface area contributed by atoms with Crippen LogP contribution in [0.2, 0.25) is 5.15 Å². The van der Waals surface area contributed by atoms with E-state index in [0.29, 0.717) is 11.7 Å². The Hall–Kier alpha value is -1.97. The maximum Gasteiger partial charge on any atom is 0.144 e. The van der Waals surface area contributed by atoms with Crippen molar-refractivity contribution >= 4 is 22.5 Å². The molecule has 0 spiro atoms. The van der Waals surface area contributed by atoms with E-state index in [0.717, 1.165) is 23.3 Å². The van der Waals surface area contributed by atoms with Gasteiger partial charge >= 0.3 is 0 Å². The highest BCUT2D eigenvalue weighted by molar-refractivity contribution is 6.34. The van der Waals surface area contributed by atoms with E-state index in [-0.39, 0.29) is 0 Å². The van der Waals surface area contributed by atoms with Gasteiger partial charge in [-0.1, -0.05) is 54.1 Å². The Kier molecular flexibility index (Phi) is 4.13. The number of aromatic nitrogens is 2. The van der Waals surface area contributed by atoms with Crippen LogP contribution in [-0.2, 0) is 13.1 Å². The first-order chi connectivity index (χ1) is 10.2. The molecule has 0 unspecified atom stereocenters. The van der Waals surface area contributed by atoms with Gasteiger partial charge in [0.2, 0.25) is 0 Å². The van der Waals surface area contributed by atoms with Crippen LogP contribution in [0.5, 0.6) is 0 Å². The third-order valence-corrected chi connectivity index (χ3v) is 3.60. The lowest BCUT2D eigenvalue weighted by atomic mass is 10.2. The molecule has 3 aromatic rings. The predicted octanol–water partition coefficient (Wildman–Crippen LogP) is 3.92. The van der Waals surface area contributed by atoms with Gasteiger partial charge in [0.05, 0.1) is 12.1 Å². The summed E-state index contributed by atoms with van der Waals surface area (Å²) in [6.07, 6.45) is 0. The third kappa shape index (κ3) is 3.38. The smallest absolute Gasteiger partial charge is 0.144 e. The summed E-state index contributed by atoms with van der Waals surface area (Å²) >= 11 is 6.24. The molecule has 0 saturated carbocycles. The largest absolute Gasteiger partial charge is 0.295 e. The van der Waals surface area contributed by atoms with Crippen LogP contribution in [0.25, 0.3) is 10.9 Å². The molecule has 21 heavy (non-hydrogen) atoms. The van der Waals surface area contributed by atoms with E-state index in [9.17, 15) is 0 Å². The lowest BCUT2D eigenvalue weighted by molar-refractivity contribution is 0.311. The van der Waals surface area contributed by atoms with Gasteiger partial charge in [0, 0.05) is 11.9 Å². The maximum atomic E-state index is 6.24. The van der Waals surface area contributed by atoms with E-state index in [1.54, 1.807) is 0 Å². The fourth-order valence-electron chi connectivity index (χ4n) is 2.35. The van der Waals surface area contributed by atoms with Gasteiger partial charge in [-0.05, 0) is 24.7 Å². The molecule has 1 aromatic heterocycles. The molecule has 0 amide bonds. The number of para-hydroxylation sites is 1. The zero-order chi connectivity index (χ0) is 14.7. The van der Waals surface area contributed by atoms with E-state index in [4.69, 9.17) is 11.6 Å². The molecule has 0 aliphatic heterocycles. The number of rotatable bonds is 4. The minimum Gasteiger partial charge on any atom is -0.295 e. The van der Waals surface area contributed by atoms with Gasteiger partial charge in [-0.15, -0.1) is 0 Å². The number of benzene rings is 2. The average Bonchev–Trinajstić information content (AvgIpc) is 2.48. The first-order valence-electron chi connectivity index (χ1n) is 6.86. The molecule has 0 saturated heterocycles. The minimum absolute atomic E-state index is 0.517. The van der Waals surface area contributed by atoms with Crippen LogP contribution >= 0.6 is 11.6 Å². The molecule has 3 rings (SSSR count). The highest BCUT2D eigenvalue weighted by Gasteiger charge is 2.08. The Bertz CT molecular complexity index is 743. The first kappa shape index (κ1) is 14.0. The van der Waals surface area contributed by atoms with Gasteiger partial charge in [-0.25, -0.2) is 9.97 Å².